The number of nitrogens with zero attached hydrogens (tertiary/aromatic N) is 3. The molecule has 0 radical (unpaired) electrons. The summed E-state index contributed by atoms with van der Waals surface area (Å²) in [6.07, 6.45) is 2.09. The van der Waals surface area contributed by atoms with Crippen LogP contribution in [0.15, 0.2) is 36.5 Å². The number of nitrogens with two attached hydrogens (primary N) is 1. The average molecular weight is 266 g/mol. The molecule has 0 aliphatic rings. The van der Waals surface area contributed by atoms with Gasteiger partial charge in [-0.15, -0.1) is 0 Å². The molecule has 0 aliphatic carbocycles. The second kappa shape index (κ2) is 4.63. The molecule has 20 heavy (non-hydrogen) atoms. The zero-order valence-corrected chi connectivity index (χ0v) is 12.0. The maximum Gasteiger partial charge on any atom is 0.220 e. The molecule has 1 aromatic carbocycles. The Morgan fingerprint density at radius 1 is 1.15 bits per heavy atom. The molecule has 3 rings (SSSR count). The van der Waals surface area contributed by atoms with Crippen molar-refractivity contribution in [3.05, 3.63) is 42.2 Å². The number of benzene rings is 1. The summed E-state index contributed by atoms with van der Waals surface area (Å²) in [5, 5.41) is 1.18. The van der Waals surface area contributed by atoms with Crippen molar-refractivity contribution in [3.63, 3.8) is 0 Å². The minimum Gasteiger partial charge on any atom is -0.368 e. The van der Waals surface area contributed by atoms with Crippen LogP contribution in [0.2, 0.25) is 0 Å². The van der Waals surface area contributed by atoms with Crippen molar-refractivity contribution >= 4 is 16.9 Å². The number of anilines is 1. The lowest BCUT2D eigenvalue weighted by Gasteiger charge is -2.07. The standard InChI is InChI=1S/C16H18N4/c1-10(2)13-8-14(19-16(17)18-13)12-9-20(3)15-7-5-4-6-11(12)15/h4-10H,1-3H3,(H2,17,18,19). The number of fused-ring (bicyclic) bond motifs is 1. The van der Waals surface area contributed by atoms with E-state index in [9.17, 15) is 0 Å². The van der Waals surface area contributed by atoms with Gasteiger partial charge in [0.15, 0.2) is 0 Å². The summed E-state index contributed by atoms with van der Waals surface area (Å²) >= 11 is 0. The molecular formula is C16H18N4. The lowest BCUT2D eigenvalue weighted by atomic mass is 10.1. The normalized spacial score (nSPS) is 11.4. The summed E-state index contributed by atoms with van der Waals surface area (Å²) in [6, 6.07) is 10.3. The molecule has 4 heteroatoms. The molecule has 2 heterocycles. The van der Waals surface area contributed by atoms with Gasteiger partial charge < -0.3 is 10.3 Å². The zero-order valence-electron chi connectivity index (χ0n) is 12.0. The Morgan fingerprint density at radius 3 is 2.65 bits per heavy atom. The van der Waals surface area contributed by atoms with Crippen LogP contribution >= 0.6 is 0 Å². The van der Waals surface area contributed by atoms with Gasteiger partial charge in [0, 0.05) is 35.4 Å². The maximum atomic E-state index is 5.86. The molecule has 0 aliphatic heterocycles. The molecule has 4 nitrogen and oxygen atoms in total. The number of aromatic nitrogens is 3. The average Bonchev–Trinajstić information content (AvgIpc) is 2.76. The van der Waals surface area contributed by atoms with E-state index in [2.05, 4.69) is 46.7 Å². The highest BCUT2D eigenvalue weighted by Crippen LogP contribution is 2.30. The Morgan fingerprint density at radius 2 is 1.90 bits per heavy atom. The van der Waals surface area contributed by atoms with Crippen molar-refractivity contribution in [1.82, 2.24) is 14.5 Å². The van der Waals surface area contributed by atoms with E-state index in [4.69, 9.17) is 5.73 Å². The SMILES string of the molecule is CC(C)c1cc(-c2cn(C)c3ccccc23)nc(N)n1. The van der Waals surface area contributed by atoms with E-state index in [0.29, 0.717) is 11.9 Å². The first-order chi connectivity index (χ1) is 9.56. The molecule has 2 N–H and O–H groups in total. The van der Waals surface area contributed by atoms with E-state index >= 15 is 0 Å². The Hall–Kier alpha value is -2.36. The van der Waals surface area contributed by atoms with Gasteiger partial charge in [-0.05, 0) is 18.1 Å². The van der Waals surface area contributed by atoms with Crippen LogP contribution in [0, 0.1) is 0 Å². The minimum atomic E-state index is 0.328. The number of nitrogen functional groups attached to an aromatic ring is 1. The third-order valence-electron chi connectivity index (χ3n) is 3.53. The molecule has 0 amide bonds. The highest BCUT2D eigenvalue weighted by atomic mass is 15.0. The van der Waals surface area contributed by atoms with Gasteiger partial charge in [-0.25, -0.2) is 9.97 Å². The first kappa shape index (κ1) is 12.7. The largest absolute Gasteiger partial charge is 0.368 e. The third kappa shape index (κ3) is 2.03. The Bertz CT molecular complexity index is 771. The first-order valence-corrected chi connectivity index (χ1v) is 6.75. The van der Waals surface area contributed by atoms with E-state index in [1.165, 1.54) is 10.9 Å². The van der Waals surface area contributed by atoms with Crippen molar-refractivity contribution in [2.45, 2.75) is 19.8 Å². The van der Waals surface area contributed by atoms with Gasteiger partial charge in [0.2, 0.25) is 5.95 Å². The molecule has 0 saturated carbocycles. The monoisotopic (exact) mass is 266 g/mol. The maximum absolute atomic E-state index is 5.86. The Balaban J connectivity index is 2.26. The van der Waals surface area contributed by atoms with Crippen LogP contribution in [-0.4, -0.2) is 14.5 Å². The van der Waals surface area contributed by atoms with Gasteiger partial charge in [-0.3, -0.25) is 0 Å². The molecule has 0 atom stereocenters. The van der Waals surface area contributed by atoms with Gasteiger partial charge in [0.05, 0.1) is 5.69 Å². The number of para-hydroxylation sites is 1. The van der Waals surface area contributed by atoms with Crippen molar-refractivity contribution in [1.29, 1.82) is 0 Å². The lowest BCUT2D eigenvalue weighted by Crippen LogP contribution is -2.02. The van der Waals surface area contributed by atoms with Crippen molar-refractivity contribution in [3.8, 4) is 11.3 Å². The molecule has 102 valence electrons. The van der Waals surface area contributed by atoms with Crippen LogP contribution < -0.4 is 5.73 Å². The fourth-order valence-corrected chi connectivity index (χ4v) is 2.46. The van der Waals surface area contributed by atoms with Crippen LogP contribution in [0.5, 0.6) is 0 Å². The molecular weight excluding hydrogens is 248 g/mol. The van der Waals surface area contributed by atoms with E-state index in [1.807, 2.05) is 25.2 Å². The van der Waals surface area contributed by atoms with Gasteiger partial charge in [-0.2, -0.15) is 0 Å². The molecule has 0 saturated heterocycles. The van der Waals surface area contributed by atoms with E-state index < -0.39 is 0 Å². The van der Waals surface area contributed by atoms with Crippen LogP contribution in [-0.2, 0) is 7.05 Å². The quantitative estimate of drug-likeness (QED) is 0.774. The second-order valence-electron chi connectivity index (χ2n) is 5.36. The van der Waals surface area contributed by atoms with Crippen LogP contribution in [0.4, 0.5) is 5.95 Å². The number of hydrogen-bond acceptors (Lipinski definition) is 3. The highest BCUT2D eigenvalue weighted by Gasteiger charge is 2.12. The summed E-state index contributed by atoms with van der Waals surface area (Å²) in [5.74, 6) is 0.660. The fraction of sp³-hybridized carbons (Fsp3) is 0.250. The highest BCUT2D eigenvalue weighted by molar-refractivity contribution is 5.95. The summed E-state index contributed by atoms with van der Waals surface area (Å²) in [7, 11) is 2.04. The third-order valence-corrected chi connectivity index (χ3v) is 3.53. The van der Waals surface area contributed by atoms with E-state index in [1.54, 1.807) is 0 Å². The van der Waals surface area contributed by atoms with Crippen LogP contribution in [0.25, 0.3) is 22.2 Å². The molecule has 0 fully saturated rings. The smallest absolute Gasteiger partial charge is 0.220 e. The summed E-state index contributed by atoms with van der Waals surface area (Å²) in [5.41, 5.74) is 10.00. The van der Waals surface area contributed by atoms with Gasteiger partial charge >= 0.3 is 0 Å². The van der Waals surface area contributed by atoms with Crippen LogP contribution in [0.1, 0.15) is 25.5 Å². The number of rotatable bonds is 2. The van der Waals surface area contributed by atoms with Gasteiger partial charge in [0.1, 0.15) is 0 Å². The minimum absolute atomic E-state index is 0.328. The Kier molecular flexibility index (Phi) is 2.93. The molecule has 0 spiro atoms. The van der Waals surface area contributed by atoms with Crippen molar-refractivity contribution < 1.29 is 0 Å². The summed E-state index contributed by atoms with van der Waals surface area (Å²) in [4.78, 5) is 8.71. The number of aryl methyl sites for hydroxylation is 1. The summed E-state index contributed by atoms with van der Waals surface area (Å²) in [6.45, 7) is 4.21. The van der Waals surface area contributed by atoms with E-state index in [0.717, 1.165) is 17.0 Å². The van der Waals surface area contributed by atoms with E-state index in [-0.39, 0.29) is 0 Å². The topological polar surface area (TPSA) is 56.7 Å². The van der Waals surface area contributed by atoms with Crippen molar-refractivity contribution in [2.24, 2.45) is 7.05 Å². The Labute approximate surface area is 118 Å². The summed E-state index contributed by atoms with van der Waals surface area (Å²) < 4.78 is 2.11. The van der Waals surface area contributed by atoms with Crippen molar-refractivity contribution in [2.75, 3.05) is 5.73 Å². The first-order valence-electron chi connectivity index (χ1n) is 6.75. The lowest BCUT2D eigenvalue weighted by molar-refractivity contribution is 0.819. The van der Waals surface area contributed by atoms with Gasteiger partial charge in [0.25, 0.3) is 0 Å². The fourth-order valence-electron chi connectivity index (χ4n) is 2.46. The molecule has 2 aromatic heterocycles. The predicted molar refractivity (Wildman–Crippen MR) is 82.4 cm³/mol. The second-order valence-corrected chi connectivity index (χ2v) is 5.36. The molecule has 0 bridgehead atoms. The number of hydrogen-bond donors (Lipinski definition) is 1. The zero-order chi connectivity index (χ0) is 14.3. The molecule has 0 unspecified atom stereocenters. The van der Waals surface area contributed by atoms with Crippen LogP contribution in [0.3, 0.4) is 0 Å². The molecule has 3 aromatic rings. The predicted octanol–water partition coefficient (Wildman–Crippen LogP) is 3.34. The van der Waals surface area contributed by atoms with Gasteiger partial charge in [-0.1, -0.05) is 32.0 Å².